The van der Waals surface area contributed by atoms with Crippen molar-refractivity contribution >= 4 is 11.7 Å². The number of anilines is 1. The Morgan fingerprint density at radius 2 is 1.63 bits per heavy atom. The van der Waals surface area contributed by atoms with Crippen LogP contribution < -0.4 is 10.1 Å². The first-order chi connectivity index (χ1) is 13.1. The maximum atomic E-state index is 13.1. The highest BCUT2D eigenvalue weighted by Gasteiger charge is 2.16. The van der Waals surface area contributed by atoms with Crippen LogP contribution in [-0.4, -0.2) is 11.1 Å². The second-order valence-corrected chi connectivity index (χ2v) is 6.14. The van der Waals surface area contributed by atoms with Gasteiger partial charge in [-0.2, -0.15) is 0 Å². The third-order valence-corrected chi connectivity index (χ3v) is 4.09. The highest BCUT2D eigenvalue weighted by Crippen LogP contribution is 2.25. The smallest absolute Gasteiger partial charge is 0.305 e. The molecule has 3 aromatic carbocycles. The minimum atomic E-state index is -0.918. The van der Waals surface area contributed by atoms with E-state index in [4.69, 9.17) is 4.74 Å². The molecule has 138 valence electrons. The number of hydrogen-bond acceptors (Lipinski definition) is 3. The third kappa shape index (κ3) is 5.57. The Balaban J connectivity index is 1.68. The summed E-state index contributed by atoms with van der Waals surface area (Å²) >= 11 is 0. The van der Waals surface area contributed by atoms with Crippen LogP contribution in [0.1, 0.15) is 23.6 Å². The quantitative estimate of drug-likeness (QED) is 0.588. The molecule has 0 fully saturated rings. The van der Waals surface area contributed by atoms with Crippen LogP contribution in [0.3, 0.4) is 0 Å². The lowest BCUT2D eigenvalue weighted by Crippen LogP contribution is -2.15. The summed E-state index contributed by atoms with van der Waals surface area (Å²) < 4.78 is 18.8. The summed E-state index contributed by atoms with van der Waals surface area (Å²) in [5.41, 5.74) is 2.55. The Labute approximate surface area is 157 Å². The molecule has 27 heavy (non-hydrogen) atoms. The number of hydrogen-bond donors (Lipinski definition) is 2. The Morgan fingerprint density at radius 1 is 0.963 bits per heavy atom. The molecule has 0 aromatic heterocycles. The fourth-order valence-electron chi connectivity index (χ4n) is 2.71. The second-order valence-electron chi connectivity index (χ2n) is 6.14. The predicted octanol–water partition coefficient (Wildman–Crippen LogP) is 5.03. The molecule has 1 unspecified atom stereocenters. The normalized spacial score (nSPS) is 11.6. The first kappa shape index (κ1) is 18.5. The van der Waals surface area contributed by atoms with E-state index in [9.17, 15) is 14.3 Å². The Hall–Kier alpha value is -3.34. The third-order valence-electron chi connectivity index (χ3n) is 4.09. The zero-order valence-corrected chi connectivity index (χ0v) is 14.6. The van der Waals surface area contributed by atoms with Gasteiger partial charge < -0.3 is 15.2 Å². The maximum absolute atomic E-state index is 13.1. The van der Waals surface area contributed by atoms with E-state index in [1.807, 2.05) is 54.6 Å². The van der Waals surface area contributed by atoms with Gasteiger partial charge in [0.05, 0.1) is 12.5 Å². The van der Waals surface area contributed by atoms with E-state index in [0.29, 0.717) is 18.0 Å². The van der Waals surface area contributed by atoms with Crippen molar-refractivity contribution in [3.63, 3.8) is 0 Å². The van der Waals surface area contributed by atoms with E-state index in [2.05, 4.69) is 5.32 Å². The van der Waals surface area contributed by atoms with Gasteiger partial charge in [0.15, 0.2) is 0 Å². The monoisotopic (exact) mass is 365 g/mol. The number of benzene rings is 3. The van der Waals surface area contributed by atoms with Gasteiger partial charge in [-0.1, -0.05) is 42.5 Å². The number of carboxylic acid groups (broad SMARTS) is 1. The van der Waals surface area contributed by atoms with Gasteiger partial charge in [0.2, 0.25) is 0 Å². The summed E-state index contributed by atoms with van der Waals surface area (Å²) in [6.07, 6.45) is -0.0956. The number of aliphatic carboxylic acids is 1. The molecule has 0 bridgehead atoms. The zero-order chi connectivity index (χ0) is 19.1. The fourth-order valence-corrected chi connectivity index (χ4v) is 2.71. The molecular formula is C22H20FNO3. The van der Waals surface area contributed by atoms with E-state index in [1.54, 1.807) is 12.1 Å². The van der Waals surface area contributed by atoms with Gasteiger partial charge in [0.25, 0.3) is 0 Å². The van der Waals surface area contributed by atoms with Crippen molar-refractivity contribution in [2.24, 2.45) is 0 Å². The standard InChI is InChI=1S/C22H20FNO3/c23-18-8-10-19(11-9-18)24-21(14-22(25)26)17-6-12-20(13-7-17)27-15-16-4-2-1-3-5-16/h1-13,21,24H,14-15H2,(H,25,26). The summed E-state index contributed by atoms with van der Waals surface area (Å²) in [4.78, 5) is 11.2. The van der Waals surface area contributed by atoms with Crippen molar-refractivity contribution in [1.29, 1.82) is 0 Å². The Morgan fingerprint density at radius 3 is 2.26 bits per heavy atom. The van der Waals surface area contributed by atoms with E-state index >= 15 is 0 Å². The van der Waals surface area contributed by atoms with Gasteiger partial charge in [-0.15, -0.1) is 0 Å². The Bertz CT molecular complexity index is 864. The van der Waals surface area contributed by atoms with Gasteiger partial charge >= 0.3 is 5.97 Å². The van der Waals surface area contributed by atoms with Crippen LogP contribution in [-0.2, 0) is 11.4 Å². The molecule has 0 heterocycles. The van der Waals surface area contributed by atoms with E-state index < -0.39 is 12.0 Å². The number of halogens is 1. The van der Waals surface area contributed by atoms with E-state index in [0.717, 1.165) is 11.1 Å². The van der Waals surface area contributed by atoms with Gasteiger partial charge in [0.1, 0.15) is 18.2 Å². The van der Waals surface area contributed by atoms with E-state index in [-0.39, 0.29) is 12.2 Å². The second kappa shape index (κ2) is 8.85. The minimum absolute atomic E-state index is 0.0956. The Kier molecular flexibility index (Phi) is 6.05. The molecule has 0 saturated heterocycles. The highest BCUT2D eigenvalue weighted by atomic mass is 19.1. The number of carboxylic acids is 1. The molecular weight excluding hydrogens is 345 g/mol. The van der Waals surface area contributed by atoms with Crippen molar-refractivity contribution in [2.45, 2.75) is 19.1 Å². The summed E-state index contributed by atoms with van der Waals surface area (Å²) in [6.45, 7) is 0.465. The molecule has 2 N–H and O–H groups in total. The summed E-state index contributed by atoms with van der Waals surface area (Å²) in [5, 5.41) is 12.4. The molecule has 5 heteroatoms. The topological polar surface area (TPSA) is 58.6 Å². The number of nitrogens with one attached hydrogen (secondary N) is 1. The average molecular weight is 365 g/mol. The summed E-state index contributed by atoms with van der Waals surface area (Å²) in [6, 6.07) is 22.6. The van der Waals surface area contributed by atoms with Gasteiger partial charge in [-0.25, -0.2) is 4.39 Å². The molecule has 0 amide bonds. The molecule has 4 nitrogen and oxygen atoms in total. The first-order valence-corrected chi connectivity index (χ1v) is 8.61. The number of rotatable bonds is 8. The largest absolute Gasteiger partial charge is 0.489 e. The molecule has 0 aliphatic rings. The lowest BCUT2D eigenvalue weighted by Gasteiger charge is -2.19. The summed E-state index contributed by atoms with van der Waals surface area (Å²) in [7, 11) is 0. The molecule has 0 spiro atoms. The molecule has 1 atom stereocenters. The summed E-state index contributed by atoms with van der Waals surface area (Å²) in [5.74, 6) is -0.548. The molecule has 3 rings (SSSR count). The van der Waals surface area contributed by atoms with E-state index in [1.165, 1.54) is 12.1 Å². The van der Waals surface area contributed by atoms with Crippen molar-refractivity contribution in [2.75, 3.05) is 5.32 Å². The molecule has 0 aliphatic carbocycles. The van der Waals surface area contributed by atoms with Gasteiger partial charge in [-0.05, 0) is 47.5 Å². The van der Waals surface area contributed by atoms with Crippen LogP contribution in [0.4, 0.5) is 10.1 Å². The van der Waals surface area contributed by atoms with Crippen molar-refractivity contribution < 1.29 is 19.0 Å². The van der Waals surface area contributed by atoms with Crippen LogP contribution in [0.5, 0.6) is 5.75 Å². The van der Waals surface area contributed by atoms with Gasteiger partial charge in [-0.3, -0.25) is 4.79 Å². The van der Waals surface area contributed by atoms with Crippen molar-refractivity contribution in [1.82, 2.24) is 0 Å². The van der Waals surface area contributed by atoms with Crippen LogP contribution in [0, 0.1) is 5.82 Å². The number of ether oxygens (including phenoxy) is 1. The highest BCUT2D eigenvalue weighted by molar-refractivity contribution is 5.69. The van der Waals surface area contributed by atoms with Crippen LogP contribution in [0.2, 0.25) is 0 Å². The van der Waals surface area contributed by atoms with Crippen LogP contribution in [0.25, 0.3) is 0 Å². The van der Waals surface area contributed by atoms with Crippen LogP contribution >= 0.6 is 0 Å². The maximum Gasteiger partial charge on any atom is 0.305 e. The molecule has 0 aliphatic heterocycles. The molecule has 0 radical (unpaired) electrons. The average Bonchev–Trinajstić information content (AvgIpc) is 2.68. The predicted molar refractivity (Wildman–Crippen MR) is 102 cm³/mol. The lowest BCUT2D eigenvalue weighted by atomic mass is 10.0. The zero-order valence-electron chi connectivity index (χ0n) is 14.6. The lowest BCUT2D eigenvalue weighted by molar-refractivity contribution is -0.137. The molecule has 3 aromatic rings. The van der Waals surface area contributed by atoms with Crippen molar-refractivity contribution in [3.05, 3.63) is 95.8 Å². The molecule has 0 saturated carbocycles. The van der Waals surface area contributed by atoms with Crippen LogP contribution in [0.15, 0.2) is 78.9 Å². The first-order valence-electron chi connectivity index (χ1n) is 8.61. The minimum Gasteiger partial charge on any atom is -0.489 e. The number of carbonyl (C=O) groups is 1. The SMILES string of the molecule is O=C(O)CC(Nc1ccc(F)cc1)c1ccc(OCc2ccccc2)cc1. The fraction of sp³-hybridized carbons (Fsp3) is 0.136. The van der Waals surface area contributed by atoms with Crippen molar-refractivity contribution in [3.8, 4) is 5.75 Å². The van der Waals surface area contributed by atoms with Gasteiger partial charge in [0, 0.05) is 5.69 Å².